The van der Waals surface area contributed by atoms with E-state index in [1.165, 1.54) is 6.20 Å². The van der Waals surface area contributed by atoms with Crippen LogP contribution in [0.2, 0.25) is 0 Å². The summed E-state index contributed by atoms with van der Waals surface area (Å²) in [5.74, 6) is 0.225. The van der Waals surface area contributed by atoms with E-state index in [1.54, 1.807) is 6.20 Å². The molecular weight excluding hydrogens is 296 g/mol. The van der Waals surface area contributed by atoms with Crippen molar-refractivity contribution in [3.05, 3.63) is 54.0 Å². The molecule has 9 heteroatoms. The summed E-state index contributed by atoms with van der Waals surface area (Å²) in [5.41, 5.74) is 1.31. The Kier molecular flexibility index (Phi) is 4.18. The highest BCUT2D eigenvalue weighted by Crippen LogP contribution is 2.12. The summed E-state index contributed by atoms with van der Waals surface area (Å²) < 4.78 is 0. The minimum Gasteiger partial charge on any atom is -0.354 e. The lowest BCUT2D eigenvalue weighted by Gasteiger charge is -2.18. The summed E-state index contributed by atoms with van der Waals surface area (Å²) >= 11 is 0. The maximum atomic E-state index is 12.1. The van der Waals surface area contributed by atoms with Gasteiger partial charge in [-0.1, -0.05) is 35.4 Å². The molecule has 0 saturated heterocycles. The molecule has 0 saturated carbocycles. The summed E-state index contributed by atoms with van der Waals surface area (Å²) in [4.78, 5) is 22.4. The Hall–Kier alpha value is -3.36. The van der Waals surface area contributed by atoms with Gasteiger partial charge in [0, 0.05) is 13.6 Å². The van der Waals surface area contributed by atoms with Crippen LogP contribution in [0.25, 0.3) is 0 Å². The van der Waals surface area contributed by atoms with Gasteiger partial charge in [-0.2, -0.15) is 5.21 Å². The van der Waals surface area contributed by atoms with Crippen molar-refractivity contribution in [2.24, 2.45) is 0 Å². The van der Waals surface area contributed by atoms with E-state index in [4.69, 9.17) is 0 Å². The summed E-state index contributed by atoms with van der Waals surface area (Å²) in [6.07, 6.45) is 2.99. The van der Waals surface area contributed by atoms with Crippen molar-refractivity contribution >= 4 is 17.7 Å². The Balaban J connectivity index is 1.72. The van der Waals surface area contributed by atoms with Crippen LogP contribution < -0.4 is 10.2 Å². The van der Waals surface area contributed by atoms with Crippen LogP contribution in [0.4, 0.5) is 11.8 Å². The molecule has 0 spiro atoms. The van der Waals surface area contributed by atoms with E-state index in [2.05, 4.69) is 35.9 Å². The van der Waals surface area contributed by atoms with Crippen molar-refractivity contribution in [2.45, 2.75) is 6.54 Å². The number of carbonyl (C=O) groups is 1. The number of hydrogen-bond donors (Lipinski definition) is 2. The first-order chi connectivity index (χ1) is 11.2. The molecule has 0 aliphatic heterocycles. The number of hydrogen-bond acceptors (Lipinski definition) is 7. The Morgan fingerprint density at radius 2 is 2.09 bits per heavy atom. The van der Waals surface area contributed by atoms with Crippen LogP contribution in [0.3, 0.4) is 0 Å². The zero-order valence-electron chi connectivity index (χ0n) is 12.3. The van der Waals surface area contributed by atoms with Crippen LogP contribution in [-0.4, -0.2) is 43.5 Å². The molecule has 3 aromatic rings. The van der Waals surface area contributed by atoms with Crippen molar-refractivity contribution in [2.75, 3.05) is 17.3 Å². The maximum absolute atomic E-state index is 12.1. The van der Waals surface area contributed by atoms with Crippen molar-refractivity contribution in [1.29, 1.82) is 0 Å². The average molecular weight is 310 g/mol. The second-order valence-electron chi connectivity index (χ2n) is 4.79. The largest absolute Gasteiger partial charge is 0.354 e. The van der Waals surface area contributed by atoms with Gasteiger partial charge in [-0.05, 0) is 10.8 Å². The Bertz CT molecular complexity index is 774. The van der Waals surface area contributed by atoms with Gasteiger partial charge >= 0.3 is 0 Å². The van der Waals surface area contributed by atoms with Crippen LogP contribution in [0.5, 0.6) is 0 Å². The van der Waals surface area contributed by atoms with E-state index in [0.29, 0.717) is 12.4 Å². The van der Waals surface area contributed by atoms with Crippen LogP contribution in [0.1, 0.15) is 16.1 Å². The quantitative estimate of drug-likeness (QED) is 0.719. The van der Waals surface area contributed by atoms with Gasteiger partial charge in [-0.15, -0.1) is 5.10 Å². The van der Waals surface area contributed by atoms with E-state index in [1.807, 2.05) is 42.3 Å². The smallest absolute Gasteiger partial charge is 0.278 e. The molecule has 116 valence electrons. The van der Waals surface area contributed by atoms with Crippen LogP contribution in [0.15, 0.2) is 42.7 Å². The number of nitrogens with one attached hydrogen (secondary N) is 2. The molecule has 0 radical (unpaired) electrons. The predicted octanol–water partition coefficient (Wildman–Crippen LogP) is 0.878. The van der Waals surface area contributed by atoms with Gasteiger partial charge in [0.25, 0.3) is 11.9 Å². The summed E-state index contributed by atoms with van der Waals surface area (Å²) in [5, 5.41) is 15.4. The highest BCUT2D eigenvalue weighted by Gasteiger charge is 2.13. The van der Waals surface area contributed by atoms with Gasteiger partial charge in [-0.3, -0.25) is 15.1 Å². The molecule has 2 heterocycles. The first-order valence-electron chi connectivity index (χ1n) is 6.84. The number of rotatable bonds is 5. The van der Waals surface area contributed by atoms with Gasteiger partial charge < -0.3 is 4.90 Å². The summed E-state index contributed by atoms with van der Waals surface area (Å²) in [6, 6.07) is 9.97. The topological polar surface area (TPSA) is 113 Å². The van der Waals surface area contributed by atoms with Crippen molar-refractivity contribution in [3.63, 3.8) is 0 Å². The van der Waals surface area contributed by atoms with Crippen molar-refractivity contribution < 1.29 is 4.79 Å². The lowest BCUT2D eigenvalue weighted by molar-refractivity contribution is 0.102. The van der Waals surface area contributed by atoms with Crippen LogP contribution in [0, 0.1) is 0 Å². The molecular formula is C14H14N8O. The molecule has 1 aromatic carbocycles. The van der Waals surface area contributed by atoms with E-state index in [9.17, 15) is 4.79 Å². The number of tetrazole rings is 1. The third-order valence-corrected chi connectivity index (χ3v) is 3.08. The number of aromatic nitrogens is 6. The summed E-state index contributed by atoms with van der Waals surface area (Å²) in [6.45, 7) is 0.658. The fraction of sp³-hybridized carbons (Fsp3) is 0.143. The molecule has 9 nitrogen and oxygen atoms in total. The second-order valence-corrected chi connectivity index (χ2v) is 4.79. The van der Waals surface area contributed by atoms with Crippen LogP contribution in [-0.2, 0) is 6.54 Å². The monoisotopic (exact) mass is 310 g/mol. The lowest BCUT2D eigenvalue weighted by atomic mass is 10.2. The molecule has 1 amide bonds. The molecule has 2 N–H and O–H groups in total. The molecule has 0 aliphatic carbocycles. The molecule has 0 aliphatic rings. The van der Waals surface area contributed by atoms with Crippen LogP contribution >= 0.6 is 0 Å². The standard InChI is InChI=1S/C14H14N8O/c1-22(9-10-5-3-2-4-6-10)12-8-15-7-11(16-12)13(23)17-14-18-20-21-19-14/h2-8H,9H2,1H3,(H2,17,18,19,20,21,23). The number of H-pyrrole nitrogens is 1. The SMILES string of the molecule is CN(Cc1ccccc1)c1cncc(C(=O)Nc2nn[nH]n2)n1. The molecule has 0 bridgehead atoms. The van der Waals surface area contributed by atoms with Gasteiger partial charge in [0.1, 0.15) is 11.5 Å². The second kappa shape index (κ2) is 6.60. The first-order valence-corrected chi connectivity index (χ1v) is 6.84. The molecule has 23 heavy (non-hydrogen) atoms. The van der Waals surface area contributed by atoms with E-state index in [-0.39, 0.29) is 11.6 Å². The molecule has 0 fully saturated rings. The minimum absolute atomic E-state index is 0.0832. The average Bonchev–Trinajstić information content (AvgIpc) is 3.09. The summed E-state index contributed by atoms with van der Waals surface area (Å²) in [7, 11) is 1.89. The Morgan fingerprint density at radius 1 is 1.26 bits per heavy atom. The third kappa shape index (κ3) is 3.64. The fourth-order valence-electron chi connectivity index (χ4n) is 1.97. The van der Waals surface area contributed by atoms with E-state index < -0.39 is 5.91 Å². The van der Waals surface area contributed by atoms with E-state index >= 15 is 0 Å². The lowest BCUT2D eigenvalue weighted by Crippen LogP contribution is -2.21. The molecule has 3 rings (SSSR count). The number of anilines is 2. The van der Waals surface area contributed by atoms with E-state index in [0.717, 1.165) is 5.56 Å². The number of nitrogens with zero attached hydrogens (tertiary/aromatic N) is 6. The highest BCUT2D eigenvalue weighted by molar-refractivity contribution is 6.01. The predicted molar refractivity (Wildman–Crippen MR) is 82.7 cm³/mol. The van der Waals surface area contributed by atoms with Gasteiger partial charge in [0.2, 0.25) is 0 Å². The number of carbonyl (C=O) groups excluding carboxylic acids is 1. The minimum atomic E-state index is -0.450. The van der Waals surface area contributed by atoms with Gasteiger partial charge in [0.05, 0.1) is 12.4 Å². The maximum Gasteiger partial charge on any atom is 0.278 e. The van der Waals surface area contributed by atoms with Crippen molar-refractivity contribution in [3.8, 4) is 0 Å². The fourth-order valence-corrected chi connectivity index (χ4v) is 1.97. The van der Waals surface area contributed by atoms with Gasteiger partial charge in [0.15, 0.2) is 0 Å². The third-order valence-electron chi connectivity index (χ3n) is 3.08. The number of amides is 1. The van der Waals surface area contributed by atoms with Crippen molar-refractivity contribution in [1.82, 2.24) is 30.6 Å². The molecule has 0 atom stereocenters. The highest BCUT2D eigenvalue weighted by atomic mass is 16.2. The first kappa shape index (κ1) is 14.6. The molecule has 0 unspecified atom stereocenters. The Labute approximate surface area is 131 Å². The number of benzene rings is 1. The zero-order chi connectivity index (χ0) is 16.1. The zero-order valence-corrected chi connectivity index (χ0v) is 12.3. The Morgan fingerprint density at radius 3 is 2.83 bits per heavy atom. The van der Waals surface area contributed by atoms with Gasteiger partial charge in [-0.25, -0.2) is 4.98 Å². The number of aromatic amines is 1. The normalized spacial score (nSPS) is 10.3. The molecule has 2 aromatic heterocycles.